The number of piperidine rings is 1. The fourth-order valence-corrected chi connectivity index (χ4v) is 5.74. The second kappa shape index (κ2) is 7.88. The van der Waals surface area contributed by atoms with Crippen molar-refractivity contribution in [3.63, 3.8) is 0 Å². The van der Waals surface area contributed by atoms with Gasteiger partial charge in [-0.25, -0.2) is 8.78 Å². The molecule has 0 aromatic heterocycles. The maximum atomic E-state index is 14.0. The molecule has 1 saturated heterocycles. The summed E-state index contributed by atoms with van der Waals surface area (Å²) in [5.41, 5.74) is 1.09. The molecule has 7 heteroatoms. The molecule has 160 valence electrons. The van der Waals surface area contributed by atoms with E-state index in [9.17, 15) is 18.4 Å². The maximum absolute atomic E-state index is 14.0. The number of thioether (sulfide) groups is 1. The number of rotatable bonds is 2. The number of fused-ring (bicyclic) bond motifs is 3. The van der Waals surface area contributed by atoms with E-state index in [1.807, 2.05) is 12.1 Å². The molecule has 1 aliphatic carbocycles. The molecule has 4 nitrogen and oxygen atoms in total. The molecule has 1 fully saturated rings. The average molecular weight is 441 g/mol. The van der Waals surface area contributed by atoms with Gasteiger partial charge in [-0.2, -0.15) is 0 Å². The zero-order valence-electron chi connectivity index (χ0n) is 16.8. The van der Waals surface area contributed by atoms with Crippen LogP contribution >= 0.6 is 11.8 Å². The van der Waals surface area contributed by atoms with E-state index in [0.717, 1.165) is 18.9 Å². The molecule has 2 aromatic carbocycles. The molecule has 2 heterocycles. The summed E-state index contributed by atoms with van der Waals surface area (Å²) in [4.78, 5) is 27.5. The first-order valence-corrected chi connectivity index (χ1v) is 11.4. The number of halogens is 2. The first kappa shape index (κ1) is 20.4. The Bertz CT molecular complexity index is 1090. The van der Waals surface area contributed by atoms with Gasteiger partial charge in [-0.05, 0) is 12.1 Å². The van der Waals surface area contributed by atoms with Gasteiger partial charge < -0.3 is 4.74 Å². The van der Waals surface area contributed by atoms with Crippen LogP contribution in [0.3, 0.4) is 0 Å². The van der Waals surface area contributed by atoms with E-state index in [0.29, 0.717) is 47.8 Å². The van der Waals surface area contributed by atoms with Crippen molar-refractivity contribution in [3.8, 4) is 0 Å². The molecule has 2 aromatic rings. The van der Waals surface area contributed by atoms with Gasteiger partial charge in [0.25, 0.3) is 0 Å². The topological polar surface area (TPSA) is 46.6 Å². The van der Waals surface area contributed by atoms with E-state index >= 15 is 0 Å². The summed E-state index contributed by atoms with van der Waals surface area (Å²) in [6, 6.07) is 10.8. The zero-order valence-corrected chi connectivity index (χ0v) is 17.6. The van der Waals surface area contributed by atoms with Crippen molar-refractivity contribution in [1.82, 2.24) is 4.90 Å². The largest absolute Gasteiger partial charge is 0.486 e. The number of carbonyl (C=O) groups is 2. The number of nitrogens with zero attached hydrogens (tertiary/aromatic N) is 1. The highest BCUT2D eigenvalue weighted by atomic mass is 32.2. The minimum atomic E-state index is -0.577. The van der Waals surface area contributed by atoms with Gasteiger partial charge in [0.15, 0.2) is 0 Å². The third-order valence-corrected chi connectivity index (χ3v) is 7.65. The average Bonchev–Trinajstić information content (AvgIpc) is 3.01. The summed E-state index contributed by atoms with van der Waals surface area (Å²) in [5, 5.41) is -0.541. The molecule has 1 atom stereocenters. The van der Waals surface area contributed by atoms with E-state index < -0.39 is 34.1 Å². The molecular weight excluding hydrogens is 420 g/mol. The molecule has 0 amide bonds. The molecule has 31 heavy (non-hydrogen) atoms. The van der Waals surface area contributed by atoms with Crippen LogP contribution in [-0.4, -0.2) is 46.2 Å². The number of benzene rings is 2. The van der Waals surface area contributed by atoms with E-state index in [-0.39, 0.29) is 0 Å². The SMILES string of the molecule is O=C1C(=O)C2C=C(OC3(CCN(Cc4ccc(F)cc4F)CC3)CS2)c2ccccc21. The van der Waals surface area contributed by atoms with Crippen LogP contribution in [0, 0.1) is 11.6 Å². The Hall–Kier alpha value is -2.51. The number of carbonyl (C=O) groups excluding carboxylic acids is 2. The van der Waals surface area contributed by atoms with Gasteiger partial charge in [-0.15, -0.1) is 11.8 Å². The molecule has 0 N–H and O–H groups in total. The first-order valence-electron chi connectivity index (χ1n) is 10.3. The molecule has 1 spiro atoms. The van der Waals surface area contributed by atoms with Crippen LogP contribution in [0.5, 0.6) is 0 Å². The lowest BCUT2D eigenvalue weighted by Crippen LogP contribution is -2.47. The number of ketones is 2. The minimum absolute atomic E-state index is 0.392. The standard InChI is InChI=1S/C24H21F2NO3S/c25-16-6-5-15(19(26)11-16)13-27-9-7-24(8-10-27)14-31-21-12-20(30-24)17-3-1-2-4-18(17)22(28)23(21)29/h1-6,11-12,21H,7-10,13-14H2. The smallest absolute Gasteiger partial charge is 0.230 e. The predicted octanol–water partition coefficient (Wildman–Crippen LogP) is 4.24. The maximum Gasteiger partial charge on any atom is 0.230 e. The molecule has 0 radical (unpaired) electrons. The van der Waals surface area contributed by atoms with E-state index in [2.05, 4.69) is 4.90 Å². The molecule has 5 rings (SSSR count). The van der Waals surface area contributed by atoms with Gasteiger partial charge in [0.2, 0.25) is 11.6 Å². The van der Waals surface area contributed by atoms with Gasteiger partial charge in [0.1, 0.15) is 23.0 Å². The highest BCUT2D eigenvalue weighted by molar-refractivity contribution is 8.01. The fraction of sp³-hybridized carbons (Fsp3) is 0.333. The molecule has 2 bridgehead atoms. The lowest BCUT2D eigenvalue weighted by molar-refractivity contribution is -0.113. The van der Waals surface area contributed by atoms with Crippen molar-refractivity contribution in [1.29, 1.82) is 0 Å². The van der Waals surface area contributed by atoms with Crippen LogP contribution in [0.25, 0.3) is 5.76 Å². The van der Waals surface area contributed by atoms with Crippen LogP contribution in [0.15, 0.2) is 48.5 Å². The lowest BCUT2D eigenvalue weighted by Gasteiger charge is -2.42. The van der Waals surface area contributed by atoms with Crippen LogP contribution in [-0.2, 0) is 16.1 Å². The van der Waals surface area contributed by atoms with Crippen molar-refractivity contribution < 1.29 is 23.1 Å². The Morgan fingerprint density at radius 2 is 1.81 bits per heavy atom. The fourth-order valence-electron chi connectivity index (χ4n) is 4.43. The third kappa shape index (κ3) is 3.81. The molecule has 2 aliphatic heterocycles. The van der Waals surface area contributed by atoms with Crippen LogP contribution in [0.2, 0.25) is 0 Å². The Labute approximate surface area is 183 Å². The highest BCUT2D eigenvalue weighted by Crippen LogP contribution is 2.42. The second-order valence-corrected chi connectivity index (χ2v) is 9.43. The molecule has 3 aliphatic rings. The lowest BCUT2D eigenvalue weighted by atomic mass is 9.92. The minimum Gasteiger partial charge on any atom is -0.486 e. The number of hydrogen-bond donors (Lipinski definition) is 0. The summed E-state index contributed by atoms with van der Waals surface area (Å²) < 4.78 is 33.8. The van der Waals surface area contributed by atoms with E-state index in [1.165, 1.54) is 23.9 Å². The third-order valence-electron chi connectivity index (χ3n) is 6.25. The van der Waals surface area contributed by atoms with E-state index in [1.54, 1.807) is 18.2 Å². The summed E-state index contributed by atoms with van der Waals surface area (Å²) in [7, 11) is 0. The Morgan fingerprint density at radius 1 is 1.06 bits per heavy atom. The number of ether oxygens (including phenoxy) is 1. The summed E-state index contributed by atoms with van der Waals surface area (Å²) in [6.07, 6.45) is 3.22. The second-order valence-electron chi connectivity index (χ2n) is 8.30. The van der Waals surface area contributed by atoms with Crippen molar-refractivity contribution in [2.75, 3.05) is 18.8 Å². The van der Waals surface area contributed by atoms with Crippen molar-refractivity contribution in [2.24, 2.45) is 0 Å². The van der Waals surface area contributed by atoms with Gasteiger partial charge in [0, 0.05) is 61.0 Å². The number of Topliss-reactive ketones (excluding diaryl/α,β-unsaturated/α-hetero) is 2. The van der Waals surface area contributed by atoms with Crippen LogP contribution < -0.4 is 0 Å². The van der Waals surface area contributed by atoms with Crippen molar-refractivity contribution in [2.45, 2.75) is 30.2 Å². The van der Waals surface area contributed by atoms with Crippen LogP contribution in [0.1, 0.15) is 34.3 Å². The van der Waals surface area contributed by atoms with Gasteiger partial charge in [0.05, 0.1) is 5.25 Å². The molecular formula is C24H21F2NO3S. The monoisotopic (exact) mass is 441 g/mol. The first-order chi connectivity index (χ1) is 14.9. The Kier molecular flexibility index (Phi) is 5.18. The summed E-state index contributed by atoms with van der Waals surface area (Å²) in [5.74, 6) is -0.768. The van der Waals surface area contributed by atoms with Gasteiger partial charge in [-0.1, -0.05) is 30.3 Å². The van der Waals surface area contributed by atoms with E-state index in [4.69, 9.17) is 4.74 Å². The highest BCUT2D eigenvalue weighted by Gasteiger charge is 2.43. The summed E-state index contributed by atoms with van der Waals surface area (Å²) >= 11 is 1.46. The Morgan fingerprint density at radius 3 is 2.55 bits per heavy atom. The van der Waals surface area contributed by atoms with Crippen molar-refractivity contribution >= 4 is 29.1 Å². The van der Waals surface area contributed by atoms with Crippen LogP contribution in [0.4, 0.5) is 8.78 Å². The zero-order chi connectivity index (χ0) is 21.6. The van der Waals surface area contributed by atoms with Gasteiger partial charge in [-0.3, -0.25) is 14.5 Å². The normalized spacial score (nSPS) is 22.9. The molecule has 0 saturated carbocycles. The molecule has 1 unspecified atom stereocenters. The summed E-state index contributed by atoms with van der Waals surface area (Å²) in [6.45, 7) is 1.81. The quantitative estimate of drug-likeness (QED) is 0.653. The number of hydrogen-bond acceptors (Lipinski definition) is 5. The van der Waals surface area contributed by atoms with Crippen molar-refractivity contribution in [3.05, 3.63) is 76.9 Å². The Balaban J connectivity index is 1.35. The predicted molar refractivity (Wildman–Crippen MR) is 115 cm³/mol. The number of likely N-dealkylation sites (tertiary alicyclic amines) is 1. The van der Waals surface area contributed by atoms with Gasteiger partial charge >= 0.3 is 0 Å².